The van der Waals surface area contributed by atoms with Crippen LogP contribution < -0.4 is 20.7 Å². The Kier molecular flexibility index (Phi) is 7.00. The number of furan rings is 1. The second-order valence-corrected chi connectivity index (χ2v) is 7.84. The van der Waals surface area contributed by atoms with Gasteiger partial charge >= 0.3 is 12.5 Å². The van der Waals surface area contributed by atoms with E-state index in [2.05, 4.69) is 15.4 Å². The average Bonchev–Trinajstić information content (AvgIpc) is 3.29. The van der Waals surface area contributed by atoms with Crippen LogP contribution >= 0.6 is 0 Å². The van der Waals surface area contributed by atoms with Crippen LogP contribution in [0.2, 0.25) is 0 Å². The molecule has 1 aromatic heterocycles. The zero-order valence-electron chi connectivity index (χ0n) is 18.6. The first-order chi connectivity index (χ1) is 17.5. The quantitative estimate of drug-likeness (QED) is 0.331. The van der Waals surface area contributed by atoms with Crippen LogP contribution in [0.1, 0.15) is 28.8 Å². The van der Waals surface area contributed by atoms with Crippen LogP contribution in [0, 0.1) is 5.82 Å². The van der Waals surface area contributed by atoms with E-state index in [-0.39, 0.29) is 29.6 Å². The number of imide groups is 1. The van der Waals surface area contributed by atoms with Crippen molar-refractivity contribution >= 4 is 40.5 Å². The van der Waals surface area contributed by atoms with Gasteiger partial charge in [0, 0.05) is 29.0 Å². The van der Waals surface area contributed by atoms with E-state index in [9.17, 15) is 36.7 Å². The van der Waals surface area contributed by atoms with E-state index < -0.39 is 60.1 Å². The number of ether oxygens (including phenoxy) is 2. The van der Waals surface area contributed by atoms with Crippen molar-refractivity contribution in [2.45, 2.75) is 31.9 Å². The van der Waals surface area contributed by atoms with E-state index in [1.54, 1.807) is 6.07 Å². The first-order valence-electron chi connectivity index (χ1n) is 10.6. The normalized spacial score (nSPS) is 15.7. The lowest BCUT2D eigenvalue weighted by Crippen LogP contribution is -2.52. The predicted molar refractivity (Wildman–Crippen MR) is 117 cm³/mol. The summed E-state index contributed by atoms with van der Waals surface area (Å²) in [5.74, 6) is -3.49. The molecule has 4 amide bonds. The fourth-order valence-electron chi connectivity index (χ4n) is 3.55. The van der Waals surface area contributed by atoms with Crippen LogP contribution in [-0.2, 0) is 20.9 Å². The van der Waals surface area contributed by atoms with Crippen LogP contribution in [0.15, 0.2) is 47.1 Å². The molecule has 0 spiro atoms. The van der Waals surface area contributed by atoms with Crippen LogP contribution in [-0.4, -0.2) is 36.2 Å². The van der Waals surface area contributed by atoms with Crippen LogP contribution in [0.5, 0.6) is 5.75 Å². The number of piperidine rings is 1. The number of fused-ring (bicyclic) bond motifs is 1. The Bertz CT molecular complexity index is 1390. The number of alkyl halides is 3. The molecule has 1 unspecified atom stereocenters. The topological polar surface area (TPSA) is 136 Å². The van der Waals surface area contributed by atoms with Gasteiger partial charge in [-0.3, -0.25) is 25.0 Å². The molecule has 2 aromatic carbocycles. The molecule has 14 heteroatoms. The summed E-state index contributed by atoms with van der Waals surface area (Å²) in [5.41, 5.74) is -0.00858. The highest BCUT2D eigenvalue weighted by molar-refractivity contribution is 6.04. The highest BCUT2D eigenvalue weighted by Gasteiger charge is 2.31. The van der Waals surface area contributed by atoms with Gasteiger partial charge in [-0.15, -0.1) is 13.2 Å². The van der Waals surface area contributed by atoms with Gasteiger partial charge in [0.25, 0.3) is 5.91 Å². The highest BCUT2D eigenvalue weighted by Crippen LogP contribution is 2.28. The highest BCUT2D eigenvalue weighted by atomic mass is 19.4. The summed E-state index contributed by atoms with van der Waals surface area (Å²) in [6.07, 6.45) is -4.69. The molecule has 0 bridgehead atoms. The number of anilines is 1. The van der Waals surface area contributed by atoms with E-state index in [1.807, 2.05) is 5.32 Å². The fourth-order valence-corrected chi connectivity index (χ4v) is 3.55. The van der Waals surface area contributed by atoms with Gasteiger partial charge in [-0.05, 0) is 36.8 Å². The Morgan fingerprint density at radius 2 is 1.92 bits per heavy atom. The number of halogens is 4. The minimum atomic E-state index is -5.01. The van der Waals surface area contributed by atoms with Crippen LogP contribution in [0.25, 0.3) is 11.0 Å². The zero-order chi connectivity index (χ0) is 26.7. The van der Waals surface area contributed by atoms with E-state index in [0.29, 0.717) is 17.5 Å². The molecule has 0 radical (unpaired) electrons. The lowest BCUT2D eigenvalue weighted by Gasteiger charge is -2.21. The first kappa shape index (κ1) is 25.5. The maximum atomic E-state index is 14.0. The van der Waals surface area contributed by atoms with Gasteiger partial charge in [-0.1, -0.05) is 0 Å². The number of hydrogen-bond acceptors (Lipinski definition) is 7. The zero-order valence-corrected chi connectivity index (χ0v) is 18.6. The van der Waals surface area contributed by atoms with Gasteiger partial charge in [-0.2, -0.15) is 0 Å². The largest absolute Gasteiger partial charge is 0.573 e. The molecule has 1 saturated heterocycles. The first-order valence-corrected chi connectivity index (χ1v) is 10.6. The number of rotatable bonds is 6. The Hall–Kier alpha value is -4.62. The molecule has 0 aliphatic carbocycles. The van der Waals surface area contributed by atoms with E-state index in [4.69, 9.17) is 9.15 Å². The van der Waals surface area contributed by atoms with Crippen molar-refractivity contribution in [2.24, 2.45) is 0 Å². The molecule has 1 fully saturated rings. The van der Waals surface area contributed by atoms with Crippen LogP contribution in [0.4, 0.5) is 28.0 Å². The maximum absolute atomic E-state index is 14.0. The standard InChI is InChI=1S/C23H17F4N3O7/c24-15-2-1-14(37-23(25,26)27)9-17(15)29-22(34)36-10-13-8-12(7-11-5-6-35-19(11)13)20(32)28-16-3-4-18(31)30-21(16)33/h1-2,5-9,16H,3-4,10H2,(H,28,32)(H,29,34)(H,30,31,33). The molecule has 37 heavy (non-hydrogen) atoms. The fraction of sp³-hybridized carbons (Fsp3) is 0.217. The molecule has 0 saturated carbocycles. The van der Waals surface area contributed by atoms with Gasteiger partial charge in [0.1, 0.15) is 29.8 Å². The summed E-state index contributed by atoms with van der Waals surface area (Å²) in [6.45, 7) is -0.463. The van der Waals surface area contributed by atoms with Crippen molar-refractivity contribution in [2.75, 3.05) is 5.32 Å². The summed E-state index contributed by atoms with van der Waals surface area (Å²) >= 11 is 0. The second-order valence-electron chi connectivity index (χ2n) is 7.84. The third-order valence-corrected chi connectivity index (χ3v) is 5.20. The molecule has 3 N–H and O–H groups in total. The van der Waals surface area contributed by atoms with E-state index >= 15 is 0 Å². The van der Waals surface area contributed by atoms with Crippen LogP contribution in [0.3, 0.4) is 0 Å². The Morgan fingerprint density at radius 1 is 1.14 bits per heavy atom. The SMILES string of the molecule is O=C1CCC(NC(=O)c2cc(COC(=O)Nc3cc(OC(F)(F)F)ccc3F)c3occc3c2)C(=O)N1. The lowest BCUT2D eigenvalue weighted by molar-refractivity contribution is -0.274. The predicted octanol–water partition coefficient (Wildman–Crippen LogP) is 3.75. The molecule has 10 nitrogen and oxygen atoms in total. The Labute approximate surface area is 204 Å². The molecule has 1 atom stereocenters. The Balaban J connectivity index is 1.45. The summed E-state index contributed by atoms with van der Waals surface area (Å²) in [6, 6.07) is 5.50. The van der Waals surface area contributed by atoms with Crippen molar-refractivity contribution in [1.29, 1.82) is 0 Å². The minimum absolute atomic E-state index is 0.0670. The average molecular weight is 523 g/mol. The number of carbonyl (C=O) groups excluding carboxylic acids is 4. The number of amides is 4. The maximum Gasteiger partial charge on any atom is 0.573 e. The molecule has 194 valence electrons. The smallest absolute Gasteiger partial charge is 0.464 e. The van der Waals surface area contributed by atoms with Crippen molar-refractivity contribution in [3.8, 4) is 5.75 Å². The number of hydrogen-bond donors (Lipinski definition) is 3. The summed E-state index contributed by atoms with van der Waals surface area (Å²) in [4.78, 5) is 48.2. The van der Waals surface area contributed by atoms with E-state index in [0.717, 1.165) is 6.07 Å². The summed E-state index contributed by atoms with van der Waals surface area (Å²) < 4.78 is 65.3. The molecule has 3 aromatic rings. The lowest BCUT2D eigenvalue weighted by atomic mass is 10.0. The Morgan fingerprint density at radius 3 is 2.65 bits per heavy atom. The number of nitrogens with one attached hydrogen (secondary N) is 3. The van der Waals surface area contributed by atoms with E-state index in [1.165, 1.54) is 18.4 Å². The van der Waals surface area contributed by atoms with Gasteiger partial charge < -0.3 is 19.2 Å². The molecular formula is C23H17F4N3O7. The number of benzene rings is 2. The number of carbonyl (C=O) groups is 4. The van der Waals surface area contributed by atoms with Gasteiger partial charge in [0.05, 0.1) is 12.0 Å². The van der Waals surface area contributed by atoms with Crippen molar-refractivity contribution in [3.63, 3.8) is 0 Å². The molecular weight excluding hydrogens is 506 g/mol. The van der Waals surface area contributed by atoms with Crippen molar-refractivity contribution < 1.29 is 50.6 Å². The third-order valence-electron chi connectivity index (χ3n) is 5.20. The monoisotopic (exact) mass is 523 g/mol. The molecule has 2 heterocycles. The molecule has 1 aliphatic heterocycles. The van der Waals surface area contributed by atoms with Gasteiger partial charge in [0.15, 0.2) is 0 Å². The molecule has 1 aliphatic rings. The van der Waals surface area contributed by atoms with Gasteiger partial charge in [-0.25, -0.2) is 9.18 Å². The minimum Gasteiger partial charge on any atom is -0.464 e. The summed E-state index contributed by atoms with van der Waals surface area (Å²) in [5, 5.41) is 7.11. The van der Waals surface area contributed by atoms with Gasteiger partial charge in [0.2, 0.25) is 11.8 Å². The van der Waals surface area contributed by atoms with Crippen molar-refractivity contribution in [3.05, 3.63) is 59.6 Å². The second kappa shape index (κ2) is 10.2. The summed E-state index contributed by atoms with van der Waals surface area (Å²) in [7, 11) is 0. The molecule has 4 rings (SSSR count). The van der Waals surface area contributed by atoms with Crippen molar-refractivity contribution in [1.82, 2.24) is 10.6 Å². The third kappa shape index (κ3) is 6.34.